The van der Waals surface area contributed by atoms with E-state index >= 15 is 0 Å². The first-order valence-electron chi connectivity index (χ1n) is 11.4. The summed E-state index contributed by atoms with van der Waals surface area (Å²) in [6, 6.07) is 14.8. The normalized spacial score (nSPS) is 21.7. The number of urea groups is 1. The van der Waals surface area contributed by atoms with Crippen molar-refractivity contribution >= 4 is 45.6 Å². The lowest BCUT2D eigenvalue weighted by Crippen LogP contribution is -2.40. The predicted octanol–water partition coefficient (Wildman–Crippen LogP) is 5.51. The SMILES string of the molecule is C[C@@H](c1ccccc1)[C@@H](c1nc2ccc(I)cc2[nH]1)N1C(=O)NC(C2CCCCC2)C1=O. The molecule has 1 saturated carbocycles. The predicted molar refractivity (Wildman–Crippen MR) is 132 cm³/mol. The molecule has 2 N–H and O–H groups in total. The molecule has 3 amide bonds. The van der Waals surface area contributed by atoms with E-state index < -0.39 is 12.1 Å². The van der Waals surface area contributed by atoms with Gasteiger partial charge in [-0.25, -0.2) is 9.78 Å². The highest BCUT2D eigenvalue weighted by Gasteiger charge is 2.48. The van der Waals surface area contributed by atoms with E-state index in [9.17, 15) is 9.59 Å². The van der Waals surface area contributed by atoms with Crippen LogP contribution < -0.4 is 5.32 Å². The maximum absolute atomic E-state index is 13.6. The highest BCUT2D eigenvalue weighted by molar-refractivity contribution is 14.1. The number of nitrogens with zero attached hydrogens (tertiary/aromatic N) is 2. The minimum atomic E-state index is -0.511. The van der Waals surface area contributed by atoms with E-state index in [-0.39, 0.29) is 23.8 Å². The molecule has 166 valence electrons. The van der Waals surface area contributed by atoms with Crippen LogP contribution in [0.4, 0.5) is 4.79 Å². The summed E-state index contributed by atoms with van der Waals surface area (Å²) < 4.78 is 1.10. The molecule has 32 heavy (non-hydrogen) atoms. The first kappa shape index (κ1) is 21.4. The number of benzene rings is 2. The first-order chi connectivity index (χ1) is 15.5. The Morgan fingerprint density at radius 3 is 2.56 bits per heavy atom. The van der Waals surface area contributed by atoms with Crippen LogP contribution in [0.3, 0.4) is 0 Å². The van der Waals surface area contributed by atoms with Crippen LogP contribution in [0, 0.1) is 9.49 Å². The summed E-state index contributed by atoms with van der Waals surface area (Å²) in [5.74, 6) is 0.627. The van der Waals surface area contributed by atoms with Crippen LogP contribution in [-0.4, -0.2) is 32.8 Å². The number of carbonyl (C=O) groups is 2. The van der Waals surface area contributed by atoms with E-state index in [2.05, 4.69) is 39.8 Å². The summed E-state index contributed by atoms with van der Waals surface area (Å²) in [7, 11) is 0. The third-order valence-electron chi connectivity index (χ3n) is 6.94. The third-order valence-corrected chi connectivity index (χ3v) is 7.61. The molecule has 2 heterocycles. The first-order valence-corrected chi connectivity index (χ1v) is 12.4. The minimum Gasteiger partial charge on any atom is -0.340 e. The molecule has 2 aromatic carbocycles. The molecule has 2 aliphatic rings. The summed E-state index contributed by atoms with van der Waals surface area (Å²) in [6.45, 7) is 2.06. The molecule has 1 saturated heterocycles. The van der Waals surface area contributed by atoms with Gasteiger partial charge in [-0.3, -0.25) is 9.69 Å². The Morgan fingerprint density at radius 1 is 1.06 bits per heavy atom. The molecule has 1 unspecified atom stereocenters. The summed E-state index contributed by atoms with van der Waals surface area (Å²) in [5, 5.41) is 3.02. The second kappa shape index (κ2) is 8.84. The zero-order chi connectivity index (χ0) is 22.2. The van der Waals surface area contributed by atoms with Crippen LogP contribution in [-0.2, 0) is 4.79 Å². The number of amides is 3. The van der Waals surface area contributed by atoms with Gasteiger partial charge in [0.2, 0.25) is 0 Å². The Labute approximate surface area is 201 Å². The molecule has 0 radical (unpaired) electrons. The molecule has 6 nitrogen and oxygen atoms in total. The van der Waals surface area contributed by atoms with Crippen molar-refractivity contribution in [1.82, 2.24) is 20.2 Å². The monoisotopic (exact) mass is 542 g/mol. The number of aromatic nitrogens is 2. The molecule has 1 aromatic heterocycles. The van der Waals surface area contributed by atoms with E-state index in [1.807, 2.05) is 48.5 Å². The fourth-order valence-electron chi connectivity index (χ4n) is 5.23. The standard InChI is InChI=1S/C25H27IN4O2/c1-15(16-8-4-2-5-9-16)22(23-27-19-13-12-18(26)14-20(19)28-23)30-24(31)21(29-25(30)32)17-10-6-3-7-11-17/h2,4-5,8-9,12-15,17,21-22H,3,6-7,10-11H2,1H3,(H,27,28)(H,29,32)/t15-,21?,22-/m0/s1. The number of H-pyrrole nitrogens is 1. The van der Waals surface area contributed by atoms with Gasteiger partial charge in [0.25, 0.3) is 5.91 Å². The maximum Gasteiger partial charge on any atom is 0.325 e. The van der Waals surface area contributed by atoms with Crippen LogP contribution in [0.5, 0.6) is 0 Å². The lowest BCUT2D eigenvalue weighted by Gasteiger charge is -2.30. The maximum atomic E-state index is 13.6. The molecule has 7 heteroatoms. The van der Waals surface area contributed by atoms with Gasteiger partial charge in [-0.15, -0.1) is 0 Å². The van der Waals surface area contributed by atoms with Gasteiger partial charge in [0, 0.05) is 9.49 Å². The van der Waals surface area contributed by atoms with E-state index in [4.69, 9.17) is 4.98 Å². The van der Waals surface area contributed by atoms with Gasteiger partial charge in [0.1, 0.15) is 17.9 Å². The van der Waals surface area contributed by atoms with Gasteiger partial charge in [-0.1, -0.05) is 56.5 Å². The Balaban J connectivity index is 1.56. The van der Waals surface area contributed by atoms with Crippen LogP contribution in [0.15, 0.2) is 48.5 Å². The van der Waals surface area contributed by atoms with Gasteiger partial charge in [-0.05, 0) is 65.1 Å². The second-order valence-corrected chi connectivity index (χ2v) is 10.2. The number of halogens is 1. The van der Waals surface area contributed by atoms with Crippen molar-refractivity contribution in [3.05, 3.63) is 63.5 Å². The smallest absolute Gasteiger partial charge is 0.325 e. The molecular formula is C25H27IN4O2. The lowest BCUT2D eigenvalue weighted by molar-refractivity contribution is -0.131. The molecule has 2 fully saturated rings. The Bertz CT molecular complexity index is 1140. The van der Waals surface area contributed by atoms with Crippen molar-refractivity contribution < 1.29 is 9.59 Å². The van der Waals surface area contributed by atoms with Gasteiger partial charge >= 0.3 is 6.03 Å². The van der Waals surface area contributed by atoms with Crippen molar-refractivity contribution in [1.29, 1.82) is 0 Å². The zero-order valence-corrected chi connectivity index (χ0v) is 20.2. The molecule has 0 bridgehead atoms. The topological polar surface area (TPSA) is 78.1 Å². The Hall–Kier alpha value is -2.42. The van der Waals surface area contributed by atoms with E-state index in [0.29, 0.717) is 5.82 Å². The van der Waals surface area contributed by atoms with E-state index in [1.54, 1.807) is 0 Å². The quantitative estimate of drug-likeness (QED) is 0.330. The highest BCUT2D eigenvalue weighted by Crippen LogP contribution is 2.39. The van der Waals surface area contributed by atoms with Gasteiger partial charge in [0.15, 0.2) is 0 Å². The van der Waals surface area contributed by atoms with Crippen LogP contribution >= 0.6 is 22.6 Å². The minimum absolute atomic E-state index is 0.115. The lowest BCUT2D eigenvalue weighted by atomic mass is 9.83. The summed E-state index contributed by atoms with van der Waals surface area (Å²) in [5.41, 5.74) is 2.81. The number of hydrogen-bond acceptors (Lipinski definition) is 3. The molecule has 5 rings (SSSR count). The van der Waals surface area contributed by atoms with Gasteiger partial charge < -0.3 is 10.3 Å². The zero-order valence-electron chi connectivity index (χ0n) is 18.1. The number of aromatic amines is 1. The number of carbonyl (C=O) groups excluding carboxylic acids is 2. The van der Waals surface area contributed by atoms with Crippen molar-refractivity contribution in [2.24, 2.45) is 5.92 Å². The number of hydrogen-bond donors (Lipinski definition) is 2. The van der Waals surface area contributed by atoms with Gasteiger partial charge in [0.05, 0.1) is 11.0 Å². The molecular weight excluding hydrogens is 515 g/mol. The van der Waals surface area contributed by atoms with E-state index in [0.717, 1.165) is 45.9 Å². The molecule has 0 spiro atoms. The summed E-state index contributed by atoms with van der Waals surface area (Å²) in [4.78, 5) is 36.5. The van der Waals surface area contributed by atoms with Crippen LogP contribution in [0.1, 0.15) is 62.4 Å². The van der Waals surface area contributed by atoms with Crippen molar-refractivity contribution in [2.75, 3.05) is 0 Å². The Morgan fingerprint density at radius 2 is 1.81 bits per heavy atom. The van der Waals surface area contributed by atoms with Crippen molar-refractivity contribution in [2.45, 2.75) is 57.0 Å². The highest BCUT2D eigenvalue weighted by atomic mass is 127. The fraction of sp³-hybridized carbons (Fsp3) is 0.400. The fourth-order valence-corrected chi connectivity index (χ4v) is 5.72. The average molecular weight is 542 g/mol. The summed E-state index contributed by atoms with van der Waals surface area (Å²) in [6.07, 6.45) is 5.44. The average Bonchev–Trinajstić information content (AvgIpc) is 3.36. The van der Waals surface area contributed by atoms with Crippen LogP contribution in [0.2, 0.25) is 0 Å². The number of nitrogens with one attached hydrogen (secondary N) is 2. The second-order valence-electron chi connectivity index (χ2n) is 8.96. The molecule has 1 aliphatic heterocycles. The number of rotatable bonds is 5. The van der Waals surface area contributed by atoms with Crippen molar-refractivity contribution in [3.8, 4) is 0 Å². The van der Waals surface area contributed by atoms with Crippen LogP contribution in [0.25, 0.3) is 11.0 Å². The third kappa shape index (κ3) is 3.91. The van der Waals surface area contributed by atoms with Crippen molar-refractivity contribution in [3.63, 3.8) is 0 Å². The largest absolute Gasteiger partial charge is 0.340 e. The van der Waals surface area contributed by atoms with E-state index in [1.165, 1.54) is 11.3 Å². The number of imide groups is 1. The molecule has 1 aliphatic carbocycles. The summed E-state index contributed by atoms with van der Waals surface area (Å²) >= 11 is 2.27. The Kier molecular flexibility index (Phi) is 5.92. The van der Waals surface area contributed by atoms with Gasteiger partial charge in [-0.2, -0.15) is 0 Å². The number of fused-ring (bicyclic) bond motifs is 1. The molecule has 3 atom stereocenters. The number of imidazole rings is 1. The molecule has 3 aromatic rings.